The van der Waals surface area contributed by atoms with E-state index in [-0.39, 0.29) is 17.2 Å². The van der Waals surface area contributed by atoms with E-state index in [2.05, 4.69) is 15.3 Å². The normalized spacial score (nSPS) is 13.5. The standard InChI is InChI=1S/C22H19N3O2S2/c26-18(23-16-10-5-7-13-6-1-2-8-14(13)16)12-28-22-24-20(27)19-15-9-3-4-11-17(15)29-21(19)25-22/h1-2,5-8,10H,3-4,9,11-12H2,(H,23,26)(H,24,25,27). The van der Waals surface area contributed by atoms with Gasteiger partial charge in [-0.15, -0.1) is 11.3 Å². The summed E-state index contributed by atoms with van der Waals surface area (Å²) in [4.78, 5) is 34.7. The second-order valence-corrected chi connectivity index (χ2v) is 9.17. The molecule has 2 aromatic heterocycles. The van der Waals surface area contributed by atoms with Gasteiger partial charge in [-0.2, -0.15) is 0 Å². The number of rotatable bonds is 4. The summed E-state index contributed by atoms with van der Waals surface area (Å²) in [6.45, 7) is 0. The number of nitrogens with one attached hydrogen (secondary N) is 2. The highest BCUT2D eigenvalue weighted by Gasteiger charge is 2.20. The van der Waals surface area contributed by atoms with Crippen LogP contribution in [0.2, 0.25) is 0 Å². The molecule has 0 bridgehead atoms. The molecule has 1 aliphatic carbocycles. The maximum absolute atomic E-state index is 12.6. The number of hydrogen-bond donors (Lipinski definition) is 2. The Morgan fingerprint density at radius 3 is 2.90 bits per heavy atom. The summed E-state index contributed by atoms with van der Waals surface area (Å²) < 4.78 is 0. The van der Waals surface area contributed by atoms with Crippen LogP contribution in [0.4, 0.5) is 5.69 Å². The molecule has 0 aliphatic heterocycles. The molecule has 1 amide bonds. The van der Waals surface area contributed by atoms with Crippen molar-refractivity contribution in [1.82, 2.24) is 9.97 Å². The van der Waals surface area contributed by atoms with E-state index in [0.29, 0.717) is 5.16 Å². The van der Waals surface area contributed by atoms with E-state index in [0.717, 1.165) is 45.9 Å². The molecule has 1 aliphatic rings. The van der Waals surface area contributed by atoms with Crippen molar-refractivity contribution in [3.8, 4) is 0 Å². The Hall–Kier alpha value is -2.64. The molecule has 0 saturated heterocycles. The number of H-pyrrole nitrogens is 1. The van der Waals surface area contributed by atoms with Gasteiger partial charge in [0.05, 0.1) is 11.1 Å². The first kappa shape index (κ1) is 18.4. The summed E-state index contributed by atoms with van der Waals surface area (Å²) in [6.07, 6.45) is 4.29. The lowest BCUT2D eigenvalue weighted by Gasteiger charge is -2.09. The van der Waals surface area contributed by atoms with Crippen LogP contribution in [0, 0.1) is 0 Å². The Balaban J connectivity index is 1.34. The van der Waals surface area contributed by atoms with E-state index < -0.39 is 0 Å². The topological polar surface area (TPSA) is 74.8 Å². The maximum atomic E-state index is 12.6. The Labute approximate surface area is 175 Å². The molecule has 5 rings (SSSR count). The number of carbonyl (C=O) groups excluding carboxylic acids is 1. The number of aryl methyl sites for hydroxylation is 2. The van der Waals surface area contributed by atoms with Gasteiger partial charge in [0.25, 0.3) is 5.56 Å². The van der Waals surface area contributed by atoms with Gasteiger partial charge in [0.1, 0.15) is 4.83 Å². The van der Waals surface area contributed by atoms with E-state index in [9.17, 15) is 9.59 Å². The average Bonchev–Trinajstić information content (AvgIpc) is 3.11. The molecular formula is C22H19N3O2S2. The number of fused-ring (bicyclic) bond motifs is 4. The number of carbonyl (C=O) groups is 1. The van der Waals surface area contributed by atoms with Gasteiger partial charge in [-0.05, 0) is 42.7 Å². The van der Waals surface area contributed by atoms with Crippen LogP contribution in [0.1, 0.15) is 23.3 Å². The van der Waals surface area contributed by atoms with E-state index in [1.165, 1.54) is 28.6 Å². The number of thioether (sulfide) groups is 1. The smallest absolute Gasteiger partial charge is 0.260 e. The van der Waals surface area contributed by atoms with Crippen molar-refractivity contribution in [2.75, 3.05) is 11.1 Å². The third-order valence-electron chi connectivity index (χ3n) is 5.21. The van der Waals surface area contributed by atoms with Gasteiger partial charge in [0, 0.05) is 16.0 Å². The zero-order valence-corrected chi connectivity index (χ0v) is 17.3. The lowest BCUT2D eigenvalue weighted by molar-refractivity contribution is -0.113. The molecule has 2 aromatic carbocycles. The van der Waals surface area contributed by atoms with Crippen LogP contribution in [0.5, 0.6) is 0 Å². The number of amides is 1. The Morgan fingerprint density at radius 1 is 1.14 bits per heavy atom. The zero-order chi connectivity index (χ0) is 19.8. The Bertz CT molecular complexity index is 1290. The predicted molar refractivity (Wildman–Crippen MR) is 120 cm³/mol. The summed E-state index contributed by atoms with van der Waals surface area (Å²) in [7, 11) is 0. The molecule has 0 atom stereocenters. The van der Waals surface area contributed by atoms with Crippen LogP contribution in [0.25, 0.3) is 21.0 Å². The van der Waals surface area contributed by atoms with E-state index in [1.807, 2.05) is 42.5 Å². The minimum Gasteiger partial charge on any atom is -0.325 e. The Morgan fingerprint density at radius 2 is 1.97 bits per heavy atom. The van der Waals surface area contributed by atoms with Crippen LogP contribution in [0.3, 0.4) is 0 Å². The van der Waals surface area contributed by atoms with Crippen molar-refractivity contribution in [1.29, 1.82) is 0 Å². The first-order chi connectivity index (χ1) is 14.2. The SMILES string of the molecule is O=C(CSc1nc2sc3c(c2c(=O)[nH]1)CCCC3)Nc1cccc2ccccc12. The predicted octanol–water partition coefficient (Wildman–Crippen LogP) is 4.75. The molecular weight excluding hydrogens is 402 g/mol. The second kappa shape index (κ2) is 7.65. The van der Waals surface area contributed by atoms with Crippen LogP contribution in [0.15, 0.2) is 52.4 Å². The highest BCUT2D eigenvalue weighted by Crippen LogP contribution is 2.34. The molecule has 0 saturated carbocycles. The van der Waals surface area contributed by atoms with E-state index >= 15 is 0 Å². The van der Waals surface area contributed by atoms with E-state index in [4.69, 9.17) is 0 Å². The fourth-order valence-electron chi connectivity index (χ4n) is 3.87. The number of benzene rings is 2. The molecule has 0 unspecified atom stereocenters. The monoisotopic (exact) mass is 421 g/mol. The number of thiophene rings is 1. The van der Waals surface area contributed by atoms with Gasteiger partial charge >= 0.3 is 0 Å². The molecule has 29 heavy (non-hydrogen) atoms. The van der Waals surface area contributed by atoms with Crippen molar-refractivity contribution < 1.29 is 4.79 Å². The van der Waals surface area contributed by atoms with Crippen molar-refractivity contribution in [3.63, 3.8) is 0 Å². The first-order valence-corrected chi connectivity index (χ1v) is 11.4. The van der Waals surface area contributed by atoms with Gasteiger partial charge in [0.2, 0.25) is 5.91 Å². The summed E-state index contributed by atoms with van der Waals surface area (Å²) >= 11 is 2.88. The molecule has 0 radical (unpaired) electrons. The minimum absolute atomic E-state index is 0.0913. The van der Waals surface area contributed by atoms with Gasteiger partial charge < -0.3 is 10.3 Å². The minimum atomic E-state index is -0.125. The number of aromatic nitrogens is 2. The number of hydrogen-bond acceptors (Lipinski definition) is 5. The maximum Gasteiger partial charge on any atom is 0.260 e. The fourth-order valence-corrected chi connectivity index (χ4v) is 5.85. The van der Waals surface area contributed by atoms with Crippen LogP contribution in [-0.2, 0) is 17.6 Å². The van der Waals surface area contributed by atoms with Gasteiger partial charge in [-0.1, -0.05) is 48.2 Å². The van der Waals surface area contributed by atoms with Gasteiger partial charge in [-0.25, -0.2) is 4.98 Å². The highest BCUT2D eigenvalue weighted by molar-refractivity contribution is 7.99. The third-order valence-corrected chi connectivity index (χ3v) is 7.27. The lowest BCUT2D eigenvalue weighted by Crippen LogP contribution is -2.16. The van der Waals surface area contributed by atoms with Crippen LogP contribution >= 0.6 is 23.1 Å². The van der Waals surface area contributed by atoms with Gasteiger partial charge in [-0.3, -0.25) is 9.59 Å². The molecule has 0 spiro atoms. The molecule has 5 nitrogen and oxygen atoms in total. The molecule has 2 N–H and O–H groups in total. The third kappa shape index (κ3) is 3.56. The quantitative estimate of drug-likeness (QED) is 0.368. The summed E-state index contributed by atoms with van der Waals surface area (Å²) in [6, 6.07) is 13.8. The summed E-state index contributed by atoms with van der Waals surface area (Å²) in [5.74, 6) is 0.0579. The Kier molecular flexibility index (Phi) is 4.85. The van der Waals surface area contributed by atoms with Crippen LogP contribution in [-0.4, -0.2) is 21.6 Å². The molecule has 7 heteroatoms. The van der Waals surface area contributed by atoms with Crippen molar-refractivity contribution >= 4 is 55.7 Å². The van der Waals surface area contributed by atoms with Crippen molar-refractivity contribution in [2.24, 2.45) is 0 Å². The van der Waals surface area contributed by atoms with E-state index in [1.54, 1.807) is 11.3 Å². The highest BCUT2D eigenvalue weighted by atomic mass is 32.2. The first-order valence-electron chi connectivity index (χ1n) is 9.64. The summed E-state index contributed by atoms with van der Waals surface area (Å²) in [5, 5.41) is 6.29. The zero-order valence-electron chi connectivity index (χ0n) is 15.7. The van der Waals surface area contributed by atoms with Crippen molar-refractivity contribution in [3.05, 3.63) is 63.3 Å². The fraction of sp³-hybridized carbons (Fsp3) is 0.227. The van der Waals surface area contributed by atoms with Gasteiger partial charge in [0.15, 0.2) is 5.16 Å². The lowest BCUT2D eigenvalue weighted by atomic mass is 9.97. The molecule has 4 aromatic rings. The van der Waals surface area contributed by atoms with Crippen LogP contribution < -0.4 is 10.9 Å². The molecule has 0 fully saturated rings. The van der Waals surface area contributed by atoms with Crippen molar-refractivity contribution in [2.45, 2.75) is 30.8 Å². The number of aromatic amines is 1. The summed E-state index contributed by atoms with van der Waals surface area (Å²) in [5.41, 5.74) is 1.87. The average molecular weight is 422 g/mol. The number of anilines is 1. The molecule has 146 valence electrons. The second-order valence-electron chi connectivity index (χ2n) is 7.13. The molecule has 2 heterocycles. The number of nitrogens with zero attached hydrogens (tertiary/aromatic N) is 1. The largest absolute Gasteiger partial charge is 0.325 e.